The van der Waals surface area contributed by atoms with E-state index >= 15 is 0 Å². The lowest BCUT2D eigenvalue weighted by Crippen LogP contribution is -2.49. The highest BCUT2D eigenvalue weighted by atomic mass is 35.5. The molecule has 1 N–H and O–H groups in total. The lowest BCUT2D eigenvalue weighted by atomic mass is 9.92. The number of nitrogens with zero attached hydrogens (tertiary/aromatic N) is 3. The third-order valence-electron chi connectivity index (χ3n) is 7.68. The van der Waals surface area contributed by atoms with Crippen LogP contribution in [-0.4, -0.2) is 65.6 Å². The molecule has 5 rings (SSSR count). The summed E-state index contributed by atoms with van der Waals surface area (Å²) in [5, 5.41) is 15.9. The Bertz CT molecular complexity index is 1450. The van der Waals surface area contributed by atoms with Gasteiger partial charge in [0.1, 0.15) is 17.9 Å². The molecule has 2 fully saturated rings. The molecule has 0 spiro atoms. The molecule has 2 aromatic carbocycles. The van der Waals surface area contributed by atoms with Gasteiger partial charge in [-0.2, -0.15) is 13.2 Å². The van der Waals surface area contributed by atoms with E-state index in [1.54, 1.807) is 17.0 Å². The molecule has 0 atom stereocenters. The average molecular weight is 629 g/mol. The number of piperazine rings is 1. The van der Waals surface area contributed by atoms with Gasteiger partial charge in [-0.1, -0.05) is 23.2 Å². The fraction of sp³-hybridized carbons (Fsp3) is 0.464. The molecule has 42 heavy (non-hydrogen) atoms. The molecule has 1 aliphatic carbocycles. The molecule has 0 radical (unpaired) electrons. The number of halogens is 5. The number of hydrogen-bond acceptors (Lipinski definition) is 7. The maximum atomic E-state index is 13.3. The van der Waals surface area contributed by atoms with Gasteiger partial charge in [-0.25, -0.2) is 0 Å². The van der Waals surface area contributed by atoms with Crippen molar-refractivity contribution in [2.24, 2.45) is 0 Å². The number of amides is 1. The van der Waals surface area contributed by atoms with Crippen LogP contribution in [0.3, 0.4) is 0 Å². The van der Waals surface area contributed by atoms with Gasteiger partial charge in [0, 0.05) is 54.4 Å². The first-order valence-electron chi connectivity index (χ1n) is 13.6. The van der Waals surface area contributed by atoms with Crippen molar-refractivity contribution in [1.82, 2.24) is 9.80 Å². The monoisotopic (exact) mass is 628 g/mol. The minimum Gasteiger partial charge on any atom is -0.458 e. The predicted octanol–water partition coefficient (Wildman–Crippen LogP) is 6.75. The Morgan fingerprint density at radius 1 is 1.07 bits per heavy atom. The second-order valence-corrected chi connectivity index (χ2v) is 11.4. The number of hydrogen-bond donors (Lipinski definition) is 1. The predicted molar refractivity (Wildman–Crippen MR) is 152 cm³/mol. The van der Waals surface area contributed by atoms with E-state index in [1.165, 1.54) is 6.07 Å². The number of nitro groups is 1. The minimum atomic E-state index is -4.83. The smallest absolute Gasteiger partial charge is 0.423 e. The molecule has 14 heteroatoms. The Labute approximate surface area is 249 Å². The number of alkyl halides is 3. The summed E-state index contributed by atoms with van der Waals surface area (Å²) >= 11 is 12.3. The van der Waals surface area contributed by atoms with E-state index < -0.39 is 22.4 Å². The molecule has 1 aliphatic heterocycles. The Morgan fingerprint density at radius 3 is 2.45 bits per heavy atom. The van der Waals surface area contributed by atoms with Crippen molar-refractivity contribution in [3.8, 4) is 0 Å². The zero-order valence-electron chi connectivity index (χ0n) is 22.5. The highest BCUT2D eigenvalue weighted by Crippen LogP contribution is 2.38. The number of nitro benzene ring substituents is 1. The lowest BCUT2D eigenvalue weighted by molar-refractivity contribution is -0.388. The molecule has 1 amide bonds. The number of furan rings is 1. The maximum absolute atomic E-state index is 13.3. The van der Waals surface area contributed by atoms with Crippen molar-refractivity contribution in [1.29, 1.82) is 0 Å². The number of fused-ring (bicyclic) bond motifs is 1. The van der Waals surface area contributed by atoms with E-state index in [4.69, 9.17) is 32.4 Å². The molecule has 1 aromatic heterocycles. The minimum absolute atomic E-state index is 0.0249. The molecular weight excluding hydrogens is 600 g/mol. The van der Waals surface area contributed by atoms with Crippen molar-refractivity contribution in [3.05, 3.63) is 67.9 Å². The van der Waals surface area contributed by atoms with Crippen molar-refractivity contribution >= 4 is 51.5 Å². The Hall–Kier alpha value is -3.06. The van der Waals surface area contributed by atoms with E-state index in [9.17, 15) is 28.1 Å². The van der Waals surface area contributed by atoms with Crippen LogP contribution in [-0.2, 0) is 22.3 Å². The first kappa shape index (κ1) is 30.4. The third kappa shape index (κ3) is 7.28. The molecule has 9 nitrogen and oxygen atoms in total. The first-order valence-corrected chi connectivity index (χ1v) is 14.3. The largest absolute Gasteiger partial charge is 0.458 e. The molecular formula is C28H29Cl2F3N4O5. The maximum Gasteiger partial charge on any atom is 0.423 e. The summed E-state index contributed by atoms with van der Waals surface area (Å²) in [5.74, 6) is 0.697. The SMILES string of the molecule is O=C(CO[C@H]1CC[C@H](Nc2ccc([N+](=O)[O-])c(C(F)(F)F)c2)CC1)N1CCN(Cc2cc3cc(Cl)cc(Cl)c3o2)CC1. The van der Waals surface area contributed by atoms with Gasteiger partial charge in [0.25, 0.3) is 5.69 Å². The lowest BCUT2D eigenvalue weighted by Gasteiger charge is -2.35. The standard InChI is InChI=1S/C28H29Cl2F3N4O5/c29-18-11-17-12-22(42-27(17)24(30)13-18)15-35-7-9-36(10-8-35)26(38)16-41-21-4-1-19(2-5-21)34-20-3-6-25(37(39)40)23(14-20)28(31,32)33/h3,6,11-14,19,21,34H,1-2,4-5,7-10,15-16H2/t19-,21-. The van der Waals surface area contributed by atoms with Gasteiger partial charge >= 0.3 is 6.18 Å². The van der Waals surface area contributed by atoms with Gasteiger partial charge < -0.3 is 19.4 Å². The molecule has 2 aliphatic rings. The molecule has 0 unspecified atom stereocenters. The molecule has 2 heterocycles. The average Bonchev–Trinajstić information content (AvgIpc) is 3.35. The summed E-state index contributed by atoms with van der Waals surface area (Å²) in [4.78, 5) is 26.7. The van der Waals surface area contributed by atoms with Crippen molar-refractivity contribution < 1.29 is 32.0 Å². The van der Waals surface area contributed by atoms with Crippen LogP contribution in [0.2, 0.25) is 10.0 Å². The number of ether oxygens (including phenoxy) is 1. The number of rotatable bonds is 8. The fourth-order valence-corrected chi connectivity index (χ4v) is 6.03. The van der Waals surface area contributed by atoms with E-state index in [1.807, 2.05) is 6.07 Å². The first-order chi connectivity index (χ1) is 20.0. The van der Waals surface area contributed by atoms with E-state index in [-0.39, 0.29) is 30.3 Å². The summed E-state index contributed by atoms with van der Waals surface area (Å²) in [5.41, 5.74) is -1.47. The summed E-state index contributed by atoms with van der Waals surface area (Å²) in [6.07, 6.45) is -2.40. The number of nitrogens with one attached hydrogen (secondary N) is 1. The van der Waals surface area contributed by atoms with Crippen molar-refractivity contribution in [2.45, 2.75) is 50.6 Å². The van der Waals surface area contributed by atoms with Crippen molar-refractivity contribution in [3.63, 3.8) is 0 Å². The van der Waals surface area contributed by atoms with Crippen LogP contribution in [0.5, 0.6) is 0 Å². The van der Waals surface area contributed by atoms with Gasteiger partial charge in [0.15, 0.2) is 5.58 Å². The quantitative estimate of drug-likeness (QED) is 0.217. The zero-order valence-corrected chi connectivity index (χ0v) is 24.0. The van der Waals surface area contributed by atoms with Gasteiger partial charge in [-0.3, -0.25) is 19.8 Å². The second-order valence-electron chi connectivity index (χ2n) is 10.6. The highest BCUT2D eigenvalue weighted by Gasteiger charge is 2.38. The van der Waals surface area contributed by atoms with Crippen molar-refractivity contribution in [2.75, 3.05) is 38.1 Å². The molecule has 3 aromatic rings. The third-order valence-corrected chi connectivity index (χ3v) is 8.18. The van der Waals surface area contributed by atoms with Crippen LogP contribution in [0.25, 0.3) is 11.0 Å². The van der Waals surface area contributed by atoms with Gasteiger partial charge in [0.05, 0.1) is 22.6 Å². The highest BCUT2D eigenvalue weighted by molar-refractivity contribution is 6.38. The van der Waals surface area contributed by atoms with Gasteiger partial charge in [0.2, 0.25) is 5.91 Å². The van der Waals surface area contributed by atoms with Gasteiger partial charge in [-0.05, 0) is 56.0 Å². The Morgan fingerprint density at radius 2 is 1.79 bits per heavy atom. The number of anilines is 1. The van der Waals surface area contributed by atoms with Crippen LogP contribution in [0, 0.1) is 10.1 Å². The Balaban J connectivity index is 1.03. The summed E-state index contributed by atoms with van der Waals surface area (Å²) < 4.78 is 51.6. The molecule has 1 saturated carbocycles. The fourth-order valence-electron chi connectivity index (χ4n) is 5.48. The van der Waals surface area contributed by atoms with E-state index in [0.29, 0.717) is 74.0 Å². The molecule has 226 valence electrons. The van der Waals surface area contributed by atoms with Gasteiger partial charge in [-0.15, -0.1) is 0 Å². The second kappa shape index (κ2) is 12.7. The summed E-state index contributed by atoms with van der Waals surface area (Å²) in [7, 11) is 0. The summed E-state index contributed by atoms with van der Waals surface area (Å²) in [6.45, 7) is 3.08. The van der Waals surface area contributed by atoms with E-state index in [0.717, 1.165) is 23.3 Å². The summed E-state index contributed by atoms with van der Waals surface area (Å²) in [6, 6.07) is 8.21. The Kier molecular flexibility index (Phi) is 9.17. The number of carbonyl (C=O) groups is 1. The molecule has 1 saturated heterocycles. The van der Waals surface area contributed by atoms with E-state index in [2.05, 4.69) is 10.2 Å². The van der Waals surface area contributed by atoms with Crippen LogP contribution in [0.15, 0.2) is 40.8 Å². The normalized spacial score (nSPS) is 20.2. The zero-order chi connectivity index (χ0) is 30.0. The molecule has 0 bridgehead atoms. The van der Waals surface area contributed by atoms with Crippen LogP contribution < -0.4 is 5.32 Å². The number of carbonyl (C=O) groups excluding carboxylic acids is 1. The van der Waals surface area contributed by atoms with Crippen LogP contribution in [0.1, 0.15) is 37.0 Å². The topological polar surface area (TPSA) is 101 Å². The number of benzene rings is 2. The van der Waals surface area contributed by atoms with Crippen LogP contribution in [0.4, 0.5) is 24.5 Å². The van der Waals surface area contributed by atoms with Crippen LogP contribution >= 0.6 is 23.2 Å².